The summed E-state index contributed by atoms with van der Waals surface area (Å²) in [5.41, 5.74) is 3.89. The molecule has 3 aromatic carbocycles. The van der Waals surface area contributed by atoms with E-state index in [9.17, 15) is 9.59 Å². The molecule has 4 rings (SSSR count). The fourth-order valence-electron chi connectivity index (χ4n) is 3.40. The van der Waals surface area contributed by atoms with E-state index in [-0.39, 0.29) is 11.8 Å². The van der Waals surface area contributed by atoms with Crippen LogP contribution in [0, 0.1) is 6.92 Å². The summed E-state index contributed by atoms with van der Waals surface area (Å²) in [5.74, 6) is 0.324. The molecule has 1 heterocycles. The van der Waals surface area contributed by atoms with Gasteiger partial charge in [-0.25, -0.2) is 0 Å². The number of hydrogen-bond acceptors (Lipinski definition) is 3. The Kier molecular flexibility index (Phi) is 5.04. The molecule has 5 heteroatoms. The largest absolute Gasteiger partial charge is 0.479 e. The van der Waals surface area contributed by atoms with E-state index >= 15 is 0 Å². The number of amides is 2. The van der Waals surface area contributed by atoms with Crippen LogP contribution in [0.25, 0.3) is 0 Å². The Morgan fingerprint density at radius 3 is 2.59 bits per heavy atom. The zero-order chi connectivity index (χ0) is 20.4. The number of hydrogen-bond donors (Lipinski definition) is 1. The molecule has 1 atom stereocenters. The summed E-state index contributed by atoms with van der Waals surface area (Å²) in [6, 6.07) is 22.6. The first-order valence-electron chi connectivity index (χ1n) is 9.55. The zero-order valence-corrected chi connectivity index (χ0v) is 16.4. The van der Waals surface area contributed by atoms with E-state index in [0.717, 1.165) is 11.1 Å². The van der Waals surface area contributed by atoms with Crippen molar-refractivity contribution in [1.29, 1.82) is 0 Å². The second-order valence-electron chi connectivity index (χ2n) is 7.18. The maximum absolute atomic E-state index is 12.8. The maximum atomic E-state index is 12.8. The summed E-state index contributed by atoms with van der Waals surface area (Å²) in [7, 11) is 0. The lowest BCUT2D eigenvalue weighted by molar-refractivity contribution is -0.125. The van der Waals surface area contributed by atoms with Gasteiger partial charge in [0.05, 0.1) is 12.2 Å². The lowest BCUT2D eigenvalue weighted by atomic mass is 10.1. The van der Waals surface area contributed by atoms with Gasteiger partial charge < -0.3 is 15.0 Å². The second-order valence-corrected chi connectivity index (χ2v) is 7.18. The molecule has 0 radical (unpaired) electrons. The van der Waals surface area contributed by atoms with Crippen molar-refractivity contribution in [2.24, 2.45) is 0 Å². The molecule has 0 saturated carbocycles. The third kappa shape index (κ3) is 3.99. The van der Waals surface area contributed by atoms with Crippen molar-refractivity contribution in [1.82, 2.24) is 0 Å². The number of carbonyl (C=O) groups is 2. The van der Waals surface area contributed by atoms with E-state index in [0.29, 0.717) is 29.2 Å². The molecule has 1 N–H and O–H groups in total. The normalized spacial score (nSPS) is 15.4. The van der Waals surface area contributed by atoms with Gasteiger partial charge in [-0.15, -0.1) is 0 Å². The van der Waals surface area contributed by atoms with Crippen molar-refractivity contribution in [3.63, 3.8) is 0 Å². The van der Waals surface area contributed by atoms with Crippen molar-refractivity contribution in [3.05, 3.63) is 89.5 Å². The first-order valence-corrected chi connectivity index (χ1v) is 9.55. The number of benzene rings is 3. The smallest absolute Gasteiger partial charge is 0.268 e. The summed E-state index contributed by atoms with van der Waals surface area (Å²) < 4.78 is 5.77. The highest BCUT2D eigenvalue weighted by Gasteiger charge is 2.31. The van der Waals surface area contributed by atoms with Crippen molar-refractivity contribution >= 4 is 23.2 Å². The number of anilines is 2. The number of aryl methyl sites for hydroxylation is 1. The molecule has 2 amide bonds. The fraction of sp³-hybridized carbons (Fsp3) is 0.167. The first-order chi connectivity index (χ1) is 14.0. The van der Waals surface area contributed by atoms with Crippen LogP contribution >= 0.6 is 0 Å². The van der Waals surface area contributed by atoms with Crippen molar-refractivity contribution in [2.45, 2.75) is 26.5 Å². The highest BCUT2D eigenvalue weighted by Crippen LogP contribution is 2.37. The van der Waals surface area contributed by atoms with Crippen LogP contribution in [0.15, 0.2) is 72.8 Å². The van der Waals surface area contributed by atoms with Gasteiger partial charge in [-0.05, 0) is 49.7 Å². The van der Waals surface area contributed by atoms with Gasteiger partial charge in [0.15, 0.2) is 6.10 Å². The van der Waals surface area contributed by atoms with Gasteiger partial charge in [0.1, 0.15) is 5.75 Å². The Morgan fingerprint density at radius 2 is 1.83 bits per heavy atom. The minimum atomic E-state index is -0.557. The predicted octanol–water partition coefficient (Wildman–Crippen LogP) is 4.56. The van der Waals surface area contributed by atoms with E-state index in [2.05, 4.69) is 5.32 Å². The molecule has 1 unspecified atom stereocenters. The zero-order valence-electron chi connectivity index (χ0n) is 16.4. The third-order valence-corrected chi connectivity index (χ3v) is 4.89. The summed E-state index contributed by atoms with van der Waals surface area (Å²) in [4.78, 5) is 27.1. The van der Waals surface area contributed by atoms with Crippen LogP contribution in [-0.2, 0) is 11.3 Å². The molecule has 146 valence electrons. The quantitative estimate of drug-likeness (QED) is 0.715. The Balaban J connectivity index is 1.63. The van der Waals surface area contributed by atoms with Crippen molar-refractivity contribution < 1.29 is 14.3 Å². The molecule has 0 spiro atoms. The SMILES string of the molecule is Cc1cccc(C(=O)Nc2ccc3c(c2)N(Cc2ccccc2)C(=O)C(C)O3)c1. The fourth-order valence-corrected chi connectivity index (χ4v) is 3.40. The standard InChI is InChI=1S/C24H22N2O3/c1-16-7-6-10-19(13-16)23(27)25-20-11-12-22-21(14-20)26(24(28)17(2)29-22)15-18-8-4-3-5-9-18/h3-14,17H,15H2,1-2H3,(H,25,27). The van der Waals surface area contributed by atoms with Crippen LogP contribution in [0.5, 0.6) is 5.75 Å². The number of rotatable bonds is 4. The minimum absolute atomic E-state index is 0.108. The van der Waals surface area contributed by atoms with Crippen LogP contribution < -0.4 is 15.0 Å². The van der Waals surface area contributed by atoms with E-state index in [1.807, 2.05) is 55.5 Å². The lowest BCUT2D eigenvalue weighted by Crippen LogP contribution is -2.44. The average molecular weight is 386 g/mol. The second kappa shape index (κ2) is 7.80. The lowest BCUT2D eigenvalue weighted by Gasteiger charge is -2.33. The number of nitrogens with one attached hydrogen (secondary N) is 1. The van der Waals surface area contributed by atoms with Crippen LogP contribution in [-0.4, -0.2) is 17.9 Å². The van der Waals surface area contributed by atoms with Gasteiger partial charge >= 0.3 is 0 Å². The van der Waals surface area contributed by atoms with Crippen molar-refractivity contribution in [2.75, 3.05) is 10.2 Å². The molecule has 0 bridgehead atoms. The number of nitrogens with zero attached hydrogens (tertiary/aromatic N) is 1. The summed E-state index contributed by atoms with van der Waals surface area (Å²) in [5, 5.41) is 2.91. The highest BCUT2D eigenvalue weighted by molar-refractivity contribution is 6.05. The average Bonchev–Trinajstić information content (AvgIpc) is 2.72. The molecule has 1 aliphatic rings. The van der Waals surface area contributed by atoms with Gasteiger partial charge in [0, 0.05) is 11.3 Å². The van der Waals surface area contributed by atoms with E-state index in [1.54, 1.807) is 36.1 Å². The molecular formula is C24H22N2O3. The summed E-state index contributed by atoms with van der Waals surface area (Å²) in [6.07, 6.45) is -0.557. The molecule has 5 nitrogen and oxygen atoms in total. The molecule has 0 aromatic heterocycles. The summed E-state index contributed by atoms with van der Waals surface area (Å²) >= 11 is 0. The maximum Gasteiger partial charge on any atom is 0.268 e. The highest BCUT2D eigenvalue weighted by atomic mass is 16.5. The monoisotopic (exact) mass is 386 g/mol. The van der Waals surface area contributed by atoms with Crippen LogP contribution in [0.1, 0.15) is 28.4 Å². The molecule has 0 aliphatic carbocycles. The van der Waals surface area contributed by atoms with Crippen LogP contribution in [0.4, 0.5) is 11.4 Å². The van der Waals surface area contributed by atoms with Gasteiger partial charge in [-0.1, -0.05) is 48.0 Å². The topological polar surface area (TPSA) is 58.6 Å². The molecule has 1 aliphatic heterocycles. The molecule has 0 fully saturated rings. The predicted molar refractivity (Wildman–Crippen MR) is 113 cm³/mol. The number of ether oxygens (including phenoxy) is 1. The van der Waals surface area contributed by atoms with Crippen LogP contribution in [0.3, 0.4) is 0 Å². The van der Waals surface area contributed by atoms with Gasteiger partial charge in [0.2, 0.25) is 0 Å². The van der Waals surface area contributed by atoms with Gasteiger partial charge in [0.25, 0.3) is 11.8 Å². The summed E-state index contributed by atoms with van der Waals surface area (Å²) in [6.45, 7) is 4.13. The molecule has 29 heavy (non-hydrogen) atoms. The molecular weight excluding hydrogens is 364 g/mol. The molecule has 0 saturated heterocycles. The van der Waals surface area contributed by atoms with Crippen molar-refractivity contribution in [3.8, 4) is 5.75 Å². The van der Waals surface area contributed by atoms with Gasteiger partial charge in [-0.3, -0.25) is 9.59 Å². The Hall–Kier alpha value is -3.60. The number of carbonyl (C=O) groups excluding carboxylic acids is 2. The van der Waals surface area contributed by atoms with Gasteiger partial charge in [-0.2, -0.15) is 0 Å². The van der Waals surface area contributed by atoms with E-state index in [1.165, 1.54) is 0 Å². The molecule has 3 aromatic rings. The minimum Gasteiger partial charge on any atom is -0.479 e. The number of fused-ring (bicyclic) bond motifs is 1. The van der Waals surface area contributed by atoms with Crippen LogP contribution in [0.2, 0.25) is 0 Å². The third-order valence-electron chi connectivity index (χ3n) is 4.89. The van der Waals surface area contributed by atoms with E-state index < -0.39 is 6.10 Å². The Morgan fingerprint density at radius 1 is 1.03 bits per heavy atom. The Bertz CT molecular complexity index is 1060. The Labute approximate surface area is 169 Å². The first kappa shape index (κ1) is 18.7. The van der Waals surface area contributed by atoms with E-state index in [4.69, 9.17) is 4.74 Å².